The first-order chi connectivity index (χ1) is 5.43. The molecule has 0 spiro atoms. The minimum Gasteiger partial charge on any atom is -0.149 e. The van der Waals surface area contributed by atoms with E-state index in [1.54, 1.807) is 0 Å². The van der Waals surface area contributed by atoms with Crippen molar-refractivity contribution in [1.82, 2.24) is 0 Å². The van der Waals surface area contributed by atoms with Crippen LogP contribution in [0.15, 0.2) is 29.7 Å². The number of alkyl halides is 1. The number of allylic oxidation sites excluding steroid dienone is 2. The molecule has 0 bridgehead atoms. The van der Waals surface area contributed by atoms with Gasteiger partial charge in [0.2, 0.25) is 0 Å². The van der Waals surface area contributed by atoms with Gasteiger partial charge in [-0.15, -0.1) is 11.3 Å². The van der Waals surface area contributed by atoms with Crippen LogP contribution >= 0.6 is 27.3 Å². The summed E-state index contributed by atoms with van der Waals surface area (Å²) >= 11 is 5.20. The van der Waals surface area contributed by atoms with E-state index in [1.165, 1.54) is 4.88 Å². The average molecular weight is 231 g/mol. The van der Waals surface area contributed by atoms with Gasteiger partial charge in [0.1, 0.15) is 0 Å². The highest BCUT2D eigenvalue weighted by atomic mass is 79.9. The lowest BCUT2D eigenvalue weighted by molar-refractivity contribution is 1.22. The Bertz CT molecular complexity index is 201. The molecule has 0 aliphatic heterocycles. The quantitative estimate of drug-likeness (QED) is 0.548. The van der Waals surface area contributed by atoms with E-state index >= 15 is 0 Å². The highest BCUT2D eigenvalue weighted by molar-refractivity contribution is 9.09. The van der Waals surface area contributed by atoms with Gasteiger partial charge in [-0.2, -0.15) is 0 Å². The monoisotopic (exact) mass is 230 g/mol. The Morgan fingerprint density at radius 3 is 3.00 bits per heavy atom. The molecule has 0 atom stereocenters. The van der Waals surface area contributed by atoms with Crippen molar-refractivity contribution < 1.29 is 0 Å². The van der Waals surface area contributed by atoms with Crippen LogP contribution in [0.2, 0.25) is 0 Å². The predicted molar refractivity (Wildman–Crippen MR) is 55.6 cm³/mol. The molecule has 0 aliphatic rings. The third kappa shape index (κ3) is 3.73. The Morgan fingerprint density at radius 1 is 1.45 bits per heavy atom. The van der Waals surface area contributed by atoms with E-state index in [0.717, 1.165) is 18.2 Å². The molecule has 0 unspecified atom stereocenters. The maximum Gasteiger partial charge on any atom is 0.00828 e. The van der Waals surface area contributed by atoms with Gasteiger partial charge >= 0.3 is 0 Å². The van der Waals surface area contributed by atoms with E-state index < -0.39 is 0 Å². The summed E-state index contributed by atoms with van der Waals surface area (Å²) < 4.78 is 0. The minimum atomic E-state index is 1.06. The van der Waals surface area contributed by atoms with Crippen molar-refractivity contribution in [2.75, 3.05) is 5.33 Å². The van der Waals surface area contributed by atoms with Crippen LogP contribution in [0.3, 0.4) is 0 Å². The van der Waals surface area contributed by atoms with Crippen molar-refractivity contribution in [3.8, 4) is 0 Å². The Kier molecular flexibility index (Phi) is 4.55. The second kappa shape index (κ2) is 5.56. The van der Waals surface area contributed by atoms with Crippen LogP contribution in [0.25, 0.3) is 0 Å². The Morgan fingerprint density at radius 2 is 2.36 bits per heavy atom. The zero-order chi connectivity index (χ0) is 7.94. The van der Waals surface area contributed by atoms with E-state index in [0.29, 0.717) is 0 Å². The maximum absolute atomic E-state index is 3.38. The summed E-state index contributed by atoms with van der Waals surface area (Å²) in [6.45, 7) is 0. The van der Waals surface area contributed by atoms with Crippen molar-refractivity contribution in [1.29, 1.82) is 0 Å². The zero-order valence-electron chi connectivity index (χ0n) is 6.29. The van der Waals surface area contributed by atoms with Crippen LogP contribution in [0, 0.1) is 0 Å². The van der Waals surface area contributed by atoms with E-state index in [9.17, 15) is 0 Å². The van der Waals surface area contributed by atoms with Gasteiger partial charge in [0.25, 0.3) is 0 Å². The first-order valence-electron chi connectivity index (χ1n) is 3.67. The SMILES string of the molecule is BrCCC=CCc1cccs1. The van der Waals surface area contributed by atoms with Gasteiger partial charge < -0.3 is 0 Å². The molecule has 1 rings (SSSR count). The topological polar surface area (TPSA) is 0 Å². The molecule has 0 radical (unpaired) electrons. The molecule has 1 heterocycles. The summed E-state index contributed by atoms with van der Waals surface area (Å²) in [6.07, 6.45) is 6.66. The number of halogens is 1. The first-order valence-corrected chi connectivity index (χ1v) is 5.67. The fourth-order valence-electron chi connectivity index (χ4n) is 0.809. The smallest absolute Gasteiger partial charge is 0.00828 e. The molecule has 11 heavy (non-hydrogen) atoms. The number of thiophene rings is 1. The second-order valence-electron chi connectivity index (χ2n) is 2.23. The van der Waals surface area contributed by atoms with Crippen LogP contribution in [0.1, 0.15) is 11.3 Å². The van der Waals surface area contributed by atoms with E-state index in [2.05, 4.69) is 45.6 Å². The van der Waals surface area contributed by atoms with Crippen LogP contribution in [-0.2, 0) is 6.42 Å². The highest BCUT2D eigenvalue weighted by Crippen LogP contribution is 2.09. The molecule has 0 aliphatic carbocycles. The van der Waals surface area contributed by atoms with Crippen molar-refractivity contribution in [2.45, 2.75) is 12.8 Å². The minimum absolute atomic E-state index is 1.06. The van der Waals surface area contributed by atoms with E-state index in [4.69, 9.17) is 0 Å². The molecular weight excluding hydrogens is 220 g/mol. The molecule has 0 N–H and O–H groups in total. The molecule has 60 valence electrons. The fraction of sp³-hybridized carbons (Fsp3) is 0.333. The van der Waals surface area contributed by atoms with Gasteiger partial charge in [0.15, 0.2) is 0 Å². The fourth-order valence-corrected chi connectivity index (χ4v) is 1.75. The Labute approximate surface area is 80.1 Å². The molecule has 0 amide bonds. The summed E-state index contributed by atoms with van der Waals surface area (Å²) in [5, 5.41) is 3.18. The molecule has 0 fully saturated rings. The second-order valence-corrected chi connectivity index (χ2v) is 4.06. The lowest BCUT2D eigenvalue weighted by atomic mass is 10.3. The molecular formula is C9H11BrS. The lowest BCUT2D eigenvalue weighted by Gasteiger charge is -1.86. The summed E-state index contributed by atoms with van der Waals surface area (Å²) in [7, 11) is 0. The highest BCUT2D eigenvalue weighted by Gasteiger charge is 1.86. The summed E-state index contributed by atoms with van der Waals surface area (Å²) in [6, 6.07) is 4.27. The number of rotatable bonds is 4. The van der Waals surface area contributed by atoms with Gasteiger partial charge in [-0.25, -0.2) is 0 Å². The van der Waals surface area contributed by atoms with Gasteiger partial charge in [-0.1, -0.05) is 34.1 Å². The van der Waals surface area contributed by atoms with E-state index in [-0.39, 0.29) is 0 Å². The molecule has 1 aromatic rings. The van der Waals surface area contributed by atoms with Gasteiger partial charge in [-0.05, 0) is 24.3 Å². The van der Waals surface area contributed by atoms with Crippen LogP contribution in [0.5, 0.6) is 0 Å². The summed E-state index contributed by atoms with van der Waals surface area (Å²) in [5.41, 5.74) is 0. The lowest BCUT2D eigenvalue weighted by Crippen LogP contribution is -1.72. The molecule has 0 saturated heterocycles. The van der Waals surface area contributed by atoms with Crippen molar-refractivity contribution in [2.24, 2.45) is 0 Å². The third-order valence-electron chi connectivity index (χ3n) is 1.34. The Hall–Kier alpha value is -0.0800. The molecule has 0 aromatic carbocycles. The van der Waals surface area contributed by atoms with Crippen molar-refractivity contribution in [3.63, 3.8) is 0 Å². The molecule has 0 nitrogen and oxygen atoms in total. The average Bonchev–Trinajstić information content (AvgIpc) is 2.50. The molecule has 2 heteroatoms. The Balaban J connectivity index is 2.23. The predicted octanol–water partition coefficient (Wildman–Crippen LogP) is 3.63. The van der Waals surface area contributed by atoms with E-state index in [1.807, 2.05) is 11.3 Å². The van der Waals surface area contributed by atoms with Gasteiger partial charge in [-0.3, -0.25) is 0 Å². The largest absolute Gasteiger partial charge is 0.149 e. The summed E-state index contributed by atoms with van der Waals surface area (Å²) in [4.78, 5) is 1.44. The van der Waals surface area contributed by atoms with Crippen molar-refractivity contribution >= 4 is 27.3 Å². The van der Waals surface area contributed by atoms with Gasteiger partial charge in [0.05, 0.1) is 0 Å². The zero-order valence-corrected chi connectivity index (χ0v) is 8.70. The third-order valence-corrected chi connectivity index (χ3v) is 2.70. The summed E-state index contributed by atoms with van der Waals surface area (Å²) in [5.74, 6) is 0. The number of hydrogen-bond donors (Lipinski definition) is 0. The van der Waals surface area contributed by atoms with Crippen LogP contribution < -0.4 is 0 Å². The first kappa shape index (κ1) is 9.01. The number of hydrogen-bond acceptors (Lipinski definition) is 1. The standard InChI is InChI=1S/C9H11BrS/c10-7-3-1-2-5-9-6-4-8-11-9/h1-2,4,6,8H,3,5,7H2. The van der Waals surface area contributed by atoms with Crippen LogP contribution in [0.4, 0.5) is 0 Å². The van der Waals surface area contributed by atoms with Gasteiger partial charge in [0, 0.05) is 10.2 Å². The molecule has 1 aromatic heterocycles. The normalized spacial score (nSPS) is 11.0. The van der Waals surface area contributed by atoms with Crippen molar-refractivity contribution in [3.05, 3.63) is 34.5 Å². The molecule has 0 saturated carbocycles. The maximum atomic E-state index is 3.38. The van der Waals surface area contributed by atoms with Crippen LogP contribution in [-0.4, -0.2) is 5.33 Å².